The molecule has 0 aliphatic carbocycles. The summed E-state index contributed by atoms with van der Waals surface area (Å²) in [5, 5.41) is 40.2. The van der Waals surface area contributed by atoms with E-state index in [0.29, 0.717) is 12.0 Å². The van der Waals surface area contributed by atoms with Gasteiger partial charge in [-0.1, -0.05) is 30.3 Å². The van der Waals surface area contributed by atoms with E-state index >= 15 is 0 Å². The summed E-state index contributed by atoms with van der Waals surface area (Å²) in [6.45, 7) is 1.82. The molecule has 0 saturated carbocycles. The molecule has 2 heterocycles. The molecule has 5 atom stereocenters. The third-order valence-corrected chi connectivity index (χ3v) is 7.12. The molecule has 168 valence electrons. The predicted molar refractivity (Wildman–Crippen MR) is 124 cm³/mol. The number of hydrogen-bond donors (Lipinski definition) is 4. The molecule has 1 aliphatic heterocycles. The Hall–Kier alpha value is -2.07. The van der Waals surface area contributed by atoms with Crippen LogP contribution in [0.3, 0.4) is 0 Å². The van der Waals surface area contributed by atoms with Gasteiger partial charge in [0, 0.05) is 22.7 Å². The number of thiophene rings is 1. The standard InChI is InChI=1S/C24H26BFO5S/c1-13-2-3-15(23-21(29)20(28)22(30)24(31-23)25-12-27)10-16(13)11-18-8-9-19(32-18)14-4-6-17(26)7-5-14/h2-10,20-25,27-30H,11-12H2,1H3/t20?,21-,22+,23?,24?/m1/s1. The molecule has 1 fully saturated rings. The molecule has 3 aromatic rings. The smallest absolute Gasteiger partial charge is 0.192 e. The van der Waals surface area contributed by atoms with Crippen molar-refractivity contribution in [2.75, 3.05) is 6.51 Å². The first kappa shape index (κ1) is 23.1. The van der Waals surface area contributed by atoms with Gasteiger partial charge in [-0.3, -0.25) is 0 Å². The zero-order valence-electron chi connectivity index (χ0n) is 17.7. The van der Waals surface area contributed by atoms with Gasteiger partial charge in [-0.15, -0.1) is 11.3 Å². The maximum atomic E-state index is 13.2. The molecular weight excluding hydrogens is 430 g/mol. The molecule has 3 unspecified atom stereocenters. The van der Waals surface area contributed by atoms with Crippen molar-refractivity contribution >= 4 is 18.6 Å². The average molecular weight is 456 g/mol. The Morgan fingerprint density at radius 3 is 2.44 bits per heavy atom. The number of aliphatic hydroxyl groups is 4. The van der Waals surface area contributed by atoms with Gasteiger partial charge < -0.3 is 25.2 Å². The van der Waals surface area contributed by atoms with Gasteiger partial charge in [-0.05, 0) is 53.4 Å². The molecule has 1 aromatic heterocycles. The van der Waals surface area contributed by atoms with Crippen LogP contribution in [0.2, 0.25) is 0 Å². The second kappa shape index (κ2) is 9.83. The summed E-state index contributed by atoms with van der Waals surface area (Å²) < 4.78 is 19.1. The Bertz CT molecular complexity index is 1060. The highest BCUT2D eigenvalue weighted by Crippen LogP contribution is 2.34. The number of hydrogen-bond acceptors (Lipinski definition) is 6. The summed E-state index contributed by atoms with van der Waals surface area (Å²) in [5.41, 5.74) is 3.82. The Morgan fingerprint density at radius 2 is 1.72 bits per heavy atom. The van der Waals surface area contributed by atoms with Crippen molar-refractivity contribution in [1.29, 1.82) is 0 Å². The Balaban J connectivity index is 1.56. The number of benzene rings is 2. The number of aliphatic hydroxyl groups excluding tert-OH is 4. The topological polar surface area (TPSA) is 90.2 Å². The number of ether oxygens (including phenoxy) is 1. The minimum Gasteiger partial charge on any atom is -0.405 e. The summed E-state index contributed by atoms with van der Waals surface area (Å²) in [5.74, 6) is -0.260. The lowest BCUT2D eigenvalue weighted by atomic mass is 9.67. The van der Waals surface area contributed by atoms with Crippen molar-refractivity contribution in [2.24, 2.45) is 0 Å². The molecular formula is C24H26BFO5S. The summed E-state index contributed by atoms with van der Waals surface area (Å²) in [4.78, 5) is 2.20. The van der Waals surface area contributed by atoms with Crippen LogP contribution in [0.1, 0.15) is 27.7 Å². The van der Waals surface area contributed by atoms with E-state index in [1.807, 2.05) is 31.2 Å². The molecule has 1 saturated heterocycles. The lowest BCUT2D eigenvalue weighted by Gasteiger charge is -2.41. The van der Waals surface area contributed by atoms with Gasteiger partial charge in [0.05, 0.1) is 6.00 Å². The lowest BCUT2D eigenvalue weighted by Crippen LogP contribution is -2.56. The van der Waals surface area contributed by atoms with E-state index in [1.54, 1.807) is 23.5 Å². The van der Waals surface area contributed by atoms with Gasteiger partial charge >= 0.3 is 0 Å². The summed E-state index contributed by atoms with van der Waals surface area (Å²) >= 11 is 1.64. The van der Waals surface area contributed by atoms with E-state index in [9.17, 15) is 24.8 Å². The summed E-state index contributed by atoms with van der Waals surface area (Å²) in [6.07, 6.45) is -4.01. The summed E-state index contributed by atoms with van der Waals surface area (Å²) in [6, 6.07) is 15.5. The van der Waals surface area contributed by atoms with E-state index in [0.717, 1.165) is 26.4 Å². The fourth-order valence-electron chi connectivity index (χ4n) is 4.08. The molecule has 8 heteroatoms. The number of halogens is 1. The SMILES string of the molecule is Cc1ccc(C2OC(BCO)[C@@H](O)C(O)[C@H]2O)cc1Cc1ccc(-c2ccc(F)cc2)s1. The predicted octanol–water partition coefficient (Wildman–Crippen LogP) is 2.32. The van der Waals surface area contributed by atoms with Crippen LogP contribution in [0, 0.1) is 12.7 Å². The van der Waals surface area contributed by atoms with Crippen LogP contribution in [-0.4, -0.2) is 58.5 Å². The molecule has 0 spiro atoms. The maximum Gasteiger partial charge on any atom is 0.192 e. The van der Waals surface area contributed by atoms with Crippen LogP contribution >= 0.6 is 11.3 Å². The van der Waals surface area contributed by atoms with Gasteiger partial charge in [-0.2, -0.15) is 0 Å². The van der Waals surface area contributed by atoms with Crippen LogP contribution in [0.15, 0.2) is 54.6 Å². The van der Waals surface area contributed by atoms with Crippen LogP contribution in [0.5, 0.6) is 0 Å². The van der Waals surface area contributed by atoms with Gasteiger partial charge in [0.15, 0.2) is 7.28 Å². The molecule has 0 bridgehead atoms. The molecule has 2 aromatic carbocycles. The Kier molecular flexibility index (Phi) is 7.10. The first-order chi connectivity index (χ1) is 15.4. The van der Waals surface area contributed by atoms with Crippen molar-refractivity contribution in [3.05, 3.63) is 82.0 Å². The van der Waals surface area contributed by atoms with E-state index in [-0.39, 0.29) is 19.6 Å². The van der Waals surface area contributed by atoms with Gasteiger partial charge in [-0.25, -0.2) is 4.39 Å². The highest BCUT2D eigenvalue weighted by Gasteiger charge is 2.44. The third-order valence-electron chi connectivity index (χ3n) is 5.98. The second-order valence-corrected chi connectivity index (χ2v) is 9.38. The normalized spacial score (nSPS) is 25.6. The Labute approximate surface area is 191 Å². The zero-order chi connectivity index (χ0) is 22.8. The quantitative estimate of drug-likeness (QED) is 0.428. The average Bonchev–Trinajstić information content (AvgIpc) is 3.25. The minimum absolute atomic E-state index is 0.168. The zero-order valence-corrected chi connectivity index (χ0v) is 18.5. The number of rotatable bonds is 6. The van der Waals surface area contributed by atoms with Crippen LogP contribution in [0.4, 0.5) is 4.39 Å². The second-order valence-electron chi connectivity index (χ2n) is 8.21. The van der Waals surface area contributed by atoms with Crippen molar-refractivity contribution in [1.82, 2.24) is 0 Å². The first-order valence-corrected chi connectivity index (χ1v) is 11.4. The van der Waals surface area contributed by atoms with E-state index in [4.69, 9.17) is 4.74 Å². The third kappa shape index (κ3) is 4.81. The molecule has 0 amide bonds. The summed E-state index contributed by atoms with van der Waals surface area (Å²) in [7, 11) is 0.168. The van der Waals surface area contributed by atoms with E-state index in [1.165, 1.54) is 12.1 Å². The van der Waals surface area contributed by atoms with Crippen molar-refractivity contribution in [2.45, 2.75) is 43.8 Å². The molecule has 0 radical (unpaired) electrons. The van der Waals surface area contributed by atoms with Crippen LogP contribution in [-0.2, 0) is 11.2 Å². The molecule has 32 heavy (non-hydrogen) atoms. The largest absolute Gasteiger partial charge is 0.405 e. The highest BCUT2D eigenvalue weighted by atomic mass is 32.1. The monoisotopic (exact) mass is 456 g/mol. The number of aryl methyl sites for hydroxylation is 1. The lowest BCUT2D eigenvalue weighted by molar-refractivity contribution is -0.203. The maximum absolute atomic E-state index is 13.2. The van der Waals surface area contributed by atoms with Gasteiger partial charge in [0.1, 0.15) is 30.2 Å². The minimum atomic E-state index is -1.36. The molecule has 5 nitrogen and oxygen atoms in total. The molecule has 4 N–H and O–H groups in total. The van der Waals surface area contributed by atoms with E-state index < -0.39 is 30.4 Å². The van der Waals surface area contributed by atoms with Gasteiger partial charge in [0.25, 0.3) is 0 Å². The highest BCUT2D eigenvalue weighted by molar-refractivity contribution is 7.15. The van der Waals surface area contributed by atoms with E-state index in [2.05, 4.69) is 6.07 Å². The van der Waals surface area contributed by atoms with Crippen LogP contribution in [0.25, 0.3) is 10.4 Å². The fraction of sp³-hybridized carbons (Fsp3) is 0.333. The molecule has 1 aliphatic rings. The fourth-order valence-corrected chi connectivity index (χ4v) is 5.12. The van der Waals surface area contributed by atoms with Crippen molar-refractivity contribution < 1.29 is 29.6 Å². The first-order valence-electron chi connectivity index (χ1n) is 10.6. The van der Waals surface area contributed by atoms with Crippen molar-refractivity contribution in [3.8, 4) is 10.4 Å². The van der Waals surface area contributed by atoms with Crippen molar-refractivity contribution in [3.63, 3.8) is 0 Å². The van der Waals surface area contributed by atoms with Gasteiger partial charge in [0.2, 0.25) is 0 Å². The molecule has 4 rings (SSSR count). The van der Waals surface area contributed by atoms with Crippen LogP contribution < -0.4 is 0 Å². The Morgan fingerprint density at radius 1 is 0.969 bits per heavy atom.